The number of carbonyl (C=O) groups excluding carboxylic acids is 2. The lowest BCUT2D eigenvalue weighted by Gasteiger charge is -2.33. The number of amides is 2. The molecule has 2 amide bonds. The molecule has 1 unspecified atom stereocenters. The molecule has 230 valence electrons. The van der Waals surface area contributed by atoms with E-state index in [4.69, 9.17) is 16.3 Å². The Morgan fingerprint density at radius 1 is 0.886 bits per heavy atom. The van der Waals surface area contributed by atoms with Gasteiger partial charge in [-0.3, -0.25) is 13.9 Å². The molecule has 0 radical (unpaired) electrons. The predicted octanol–water partition coefficient (Wildman–Crippen LogP) is 5.63. The molecular formula is C34H36ClN3O5S. The number of likely N-dealkylation sites (N-methyl/N-ethyl adjacent to an activating group) is 1. The molecule has 0 bridgehead atoms. The van der Waals surface area contributed by atoms with Gasteiger partial charge in [0.25, 0.3) is 10.0 Å². The van der Waals surface area contributed by atoms with Gasteiger partial charge >= 0.3 is 0 Å². The van der Waals surface area contributed by atoms with Gasteiger partial charge in [-0.1, -0.05) is 71.8 Å². The third-order valence-corrected chi connectivity index (χ3v) is 9.11. The third-order valence-electron chi connectivity index (χ3n) is 7.07. The molecule has 10 heteroatoms. The minimum absolute atomic E-state index is 0.0269. The van der Waals surface area contributed by atoms with Gasteiger partial charge in [-0.25, -0.2) is 8.42 Å². The molecule has 0 aliphatic heterocycles. The summed E-state index contributed by atoms with van der Waals surface area (Å²) in [5.41, 5.74) is 2.94. The lowest BCUT2D eigenvalue weighted by molar-refractivity contribution is -0.139. The molecule has 0 aliphatic carbocycles. The van der Waals surface area contributed by atoms with Crippen LogP contribution >= 0.6 is 11.6 Å². The summed E-state index contributed by atoms with van der Waals surface area (Å²) in [6.07, 6.45) is 0.241. The molecule has 0 spiro atoms. The van der Waals surface area contributed by atoms with Crippen LogP contribution in [0.3, 0.4) is 0 Å². The van der Waals surface area contributed by atoms with Crippen molar-refractivity contribution in [3.05, 3.63) is 125 Å². The summed E-state index contributed by atoms with van der Waals surface area (Å²) in [6.45, 7) is 3.80. The maximum Gasteiger partial charge on any atom is 0.264 e. The number of ether oxygens (including phenoxy) is 1. The highest BCUT2D eigenvalue weighted by molar-refractivity contribution is 7.92. The minimum atomic E-state index is -4.23. The molecule has 0 fully saturated rings. The largest absolute Gasteiger partial charge is 0.494 e. The van der Waals surface area contributed by atoms with E-state index in [1.807, 2.05) is 68.4 Å². The van der Waals surface area contributed by atoms with E-state index in [1.165, 1.54) is 36.2 Å². The normalized spacial score (nSPS) is 11.8. The number of aryl methyl sites for hydroxylation is 1. The molecule has 8 nitrogen and oxygen atoms in total. The zero-order valence-electron chi connectivity index (χ0n) is 24.9. The lowest BCUT2D eigenvalue weighted by atomic mass is 10.0. The van der Waals surface area contributed by atoms with E-state index in [0.717, 1.165) is 21.0 Å². The summed E-state index contributed by atoms with van der Waals surface area (Å²) < 4.78 is 34.7. The van der Waals surface area contributed by atoms with Crippen molar-refractivity contribution in [3.63, 3.8) is 0 Å². The van der Waals surface area contributed by atoms with Gasteiger partial charge in [-0.05, 0) is 73.5 Å². The molecule has 1 N–H and O–H groups in total. The van der Waals surface area contributed by atoms with Crippen molar-refractivity contribution in [2.45, 2.75) is 37.8 Å². The summed E-state index contributed by atoms with van der Waals surface area (Å²) in [5.74, 6) is -0.333. The number of nitrogens with one attached hydrogen (secondary N) is 1. The van der Waals surface area contributed by atoms with Crippen molar-refractivity contribution >= 4 is 39.1 Å². The van der Waals surface area contributed by atoms with Crippen LogP contribution in [0.1, 0.15) is 23.6 Å². The van der Waals surface area contributed by atoms with Gasteiger partial charge in [0.05, 0.1) is 17.2 Å². The Hall–Kier alpha value is -4.34. The smallest absolute Gasteiger partial charge is 0.264 e. The molecule has 4 rings (SSSR count). The predicted molar refractivity (Wildman–Crippen MR) is 173 cm³/mol. The van der Waals surface area contributed by atoms with Gasteiger partial charge in [-0.2, -0.15) is 0 Å². The van der Waals surface area contributed by atoms with Crippen LogP contribution in [0.2, 0.25) is 5.02 Å². The topological polar surface area (TPSA) is 96.0 Å². The Morgan fingerprint density at radius 3 is 2.16 bits per heavy atom. The molecule has 0 aromatic heterocycles. The highest BCUT2D eigenvalue weighted by Crippen LogP contribution is 2.28. The van der Waals surface area contributed by atoms with Crippen LogP contribution < -0.4 is 14.4 Å². The average Bonchev–Trinajstić information content (AvgIpc) is 3.02. The van der Waals surface area contributed by atoms with Crippen molar-refractivity contribution < 1.29 is 22.7 Å². The van der Waals surface area contributed by atoms with E-state index in [9.17, 15) is 18.0 Å². The van der Waals surface area contributed by atoms with Gasteiger partial charge in [0, 0.05) is 25.0 Å². The van der Waals surface area contributed by atoms with E-state index >= 15 is 0 Å². The lowest BCUT2D eigenvalue weighted by Crippen LogP contribution is -2.53. The van der Waals surface area contributed by atoms with Crippen LogP contribution in [0.4, 0.5) is 5.69 Å². The van der Waals surface area contributed by atoms with Gasteiger partial charge < -0.3 is 15.0 Å². The molecule has 4 aromatic carbocycles. The number of hydrogen-bond donors (Lipinski definition) is 1. The Balaban J connectivity index is 1.78. The van der Waals surface area contributed by atoms with Crippen LogP contribution in [-0.4, -0.2) is 51.4 Å². The quantitative estimate of drug-likeness (QED) is 0.206. The van der Waals surface area contributed by atoms with Crippen LogP contribution in [0.25, 0.3) is 0 Å². The van der Waals surface area contributed by atoms with Crippen LogP contribution in [0.5, 0.6) is 5.75 Å². The van der Waals surface area contributed by atoms with Crippen LogP contribution in [0, 0.1) is 6.92 Å². The van der Waals surface area contributed by atoms with E-state index in [2.05, 4.69) is 5.32 Å². The van der Waals surface area contributed by atoms with Crippen molar-refractivity contribution in [2.75, 3.05) is 24.5 Å². The average molecular weight is 634 g/mol. The Bertz CT molecular complexity index is 1660. The minimum Gasteiger partial charge on any atom is -0.494 e. The Kier molecular flexibility index (Phi) is 11.0. The summed E-state index contributed by atoms with van der Waals surface area (Å²) >= 11 is 6.04. The number of rotatable bonds is 13. The zero-order valence-corrected chi connectivity index (χ0v) is 26.5. The molecular weight excluding hydrogens is 598 g/mol. The second-order valence-electron chi connectivity index (χ2n) is 10.2. The van der Waals surface area contributed by atoms with Crippen LogP contribution in [-0.2, 0) is 32.6 Å². The first-order chi connectivity index (χ1) is 21.1. The Morgan fingerprint density at radius 2 is 1.55 bits per heavy atom. The highest BCUT2D eigenvalue weighted by Gasteiger charge is 2.34. The molecule has 0 heterocycles. The standard InChI is InChI=1S/C34H36ClN3O5S/c1-4-43-30-17-15-29(16-18-30)38(44(41,42)31-19-13-28(35)14-20-31)24-33(39)37(23-27-12-8-9-25(2)21-27)32(34(40)36-3)22-26-10-6-5-7-11-26/h5-21,32H,4,22-24H2,1-3H3,(H,36,40). The number of hydrogen-bond acceptors (Lipinski definition) is 5. The SMILES string of the molecule is CCOc1ccc(N(CC(=O)N(Cc2cccc(C)c2)C(Cc2ccccc2)C(=O)NC)S(=O)(=O)c2ccc(Cl)cc2)cc1. The molecule has 1 atom stereocenters. The van der Waals surface area contributed by atoms with Crippen LogP contribution in [0.15, 0.2) is 108 Å². The monoisotopic (exact) mass is 633 g/mol. The number of carbonyl (C=O) groups is 2. The van der Waals surface area contributed by atoms with Crippen molar-refractivity contribution in [3.8, 4) is 5.75 Å². The van der Waals surface area contributed by atoms with Crippen molar-refractivity contribution in [1.29, 1.82) is 0 Å². The highest BCUT2D eigenvalue weighted by atomic mass is 35.5. The second kappa shape index (κ2) is 14.9. The van der Waals surface area contributed by atoms with Gasteiger partial charge in [0.1, 0.15) is 18.3 Å². The fourth-order valence-electron chi connectivity index (χ4n) is 4.87. The van der Waals surface area contributed by atoms with Gasteiger partial charge in [-0.15, -0.1) is 0 Å². The van der Waals surface area contributed by atoms with Crippen molar-refractivity contribution in [1.82, 2.24) is 10.2 Å². The Labute approximate surface area is 264 Å². The molecule has 0 aliphatic rings. The summed E-state index contributed by atoms with van der Waals surface area (Å²) in [6, 6.07) is 28.4. The van der Waals surface area contributed by atoms with Crippen molar-refractivity contribution in [2.24, 2.45) is 0 Å². The maximum atomic E-state index is 14.4. The van der Waals surface area contributed by atoms with Gasteiger partial charge in [0.15, 0.2) is 0 Å². The van der Waals surface area contributed by atoms with E-state index in [0.29, 0.717) is 17.4 Å². The summed E-state index contributed by atoms with van der Waals surface area (Å²) in [5, 5.41) is 3.07. The third kappa shape index (κ3) is 8.18. The summed E-state index contributed by atoms with van der Waals surface area (Å²) in [7, 11) is -2.71. The first kappa shape index (κ1) is 32.6. The first-order valence-corrected chi connectivity index (χ1v) is 16.1. The zero-order chi connectivity index (χ0) is 31.7. The van der Waals surface area contributed by atoms with Gasteiger partial charge in [0.2, 0.25) is 11.8 Å². The summed E-state index contributed by atoms with van der Waals surface area (Å²) in [4.78, 5) is 29.2. The van der Waals surface area contributed by atoms with E-state index in [-0.39, 0.29) is 29.5 Å². The first-order valence-electron chi connectivity index (χ1n) is 14.2. The molecule has 0 saturated heterocycles. The molecule has 44 heavy (non-hydrogen) atoms. The number of sulfonamides is 1. The van der Waals surface area contributed by atoms with E-state index < -0.39 is 28.5 Å². The number of anilines is 1. The fraction of sp³-hybridized carbons (Fsp3) is 0.235. The molecule has 4 aromatic rings. The number of benzene rings is 4. The fourth-order valence-corrected chi connectivity index (χ4v) is 6.41. The molecule has 0 saturated carbocycles. The second-order valence-corrected chi connectivity index (χ2v) is 12.5. The number of nitrogens with zero attached hydrogens (tertiary/aromatic N) is 2. The van der Waals surface area contributed by atoms with E-state index in [1.54, 1.807) is 24.3 Å². The maximum absolute atomic E-state index is 14.4. The number of halogens is 1.